The van der Waals surface area contributed by atoms with E-state index in [4.69, 9.17) is 0 Å². The van der Waals surface area contributed by atoms with E-state index in [2.05, 4.69) is 27.0 Å². The van der Waals surface area contributed by atoms with Crippen LogP contribution in [0.3, 0.4) is 0 Å². The topological polar surface area (TPSA) is 48.5 Å². The Kier molecular flexibility index (Phi) is 5.25. The van der Waals surface area contributed by atoms with Crippen LogP contribution < -0.4 is 10.2 Å². The number of piperazine rings is 1. The largest absolute Gasteiger partial charge is 0.354 e. The number of hydrogen-bond donors (Lipinski definition) is 1. The molecule has 0 saturated carbocycles. The Morgan fingerprint density at radius 2 is 2.09 bits per heavy atom. The van der Waals surface area contributed by atoms with Crippen LogP contribution in [0.2, 0.25) is 0 Å². The van der Waals surface area contributed by atoms with Crippen molar-refractivity contribution in [3.8, 4) is 0 Å². The fourth-order valence-electron chi connectivity index (χ4n) is 2.68. The van der Waals surface area contributed by atoms with Crippen LogP contribution in [0.1, 0.15) is 22.8 Å². The lowest BCUT2D eigenvalue weighted by molar-refractivity contribution is 0.0951. The summed E-state index contributed by atoms with van der Waals surface area (Å²) in [6, 6.07) is 5.92. The minimum atomic E-state index is -0.0361. The second-order valence-electron chi connectivity index (χ2n) is 5.64. The van der Waals surface area contributed by atoms with E-state index < -0.39 is 0 Å². The SMILES string of the molecule is CCN1CCN(c2ccc(CNC(=O)c3ccsc3)cn2)CC1. The molecule has 122 valence electrons. The molecule has 0 aliphatic carbocycles. The Bertz CT molecular complexity index is 619. The van der Waals surface area contributed by atoms with E-state index in [1.807, 2.05) is 35.2 Å². The number of amides is 1. The molecule has 2 aromatic heterocycles. The predicted molar refractivity (Wildman–Crippen MR) is 94.1 cm³/mol. The first-order chi connectivity index (χ1) is 11.3. The van der Waals surface area contributed by atoms with E-state index in [1.165, 1.54) is 11.3 Å². The van der Waals surface area contributed by atoms with Crippen LogP contribution in [0.5, 0.6) is 0 Å². The van der Waals surface area contributed by atoms with Crippen LogP contribution in [0.15, 0.2) is 35.2 Å². The summed E-state index contributed by atoms with van der Waals surface area (Å²) in [5, 5.41) is 6.68. The third kappa shape index (κ3) is 4.09. The van der Waals surface area contributed by atoms with Gasteiger partial charge in [0.1, 0.15) is 5.82 Å². The number of likely N-dealkylation sites (N-methyl/N-ethyl adjacent to an activating group) is 1. The van der Waals surface area contributed by atoms with Gasteiger partial charge in [-0.3, -0.25) is 4.79 Å². The van der Waals surface area contributed by atoms with E-state index in [9.17, 15) is 4.79 Å². The van der Waals surface area contributed by atoms with Crippen LogP contribution in [0.25, 0.3) is 0 Å². The fourth-order valence-corrected chi connectivity index (χ4v) is 3.32. The molecule has 1 aliphatic heterocycles. The van der Waals surface area contributed by atoms with Gasteiger partial charge in [-0.15, -0.1) is 0 Å². The van der Waals surface area contributed by atoms with Crippen molar-refractivity contribution in [3.63, 3.8) is 0 Å². The molecule has 0 bridgehead atoms. The van der Waals surface area contributed by atoms with E-state index in [0.29, 0.717) is 12.1 Å². The fraction of sp³-hybridized carbons (Fsp3) is 0.412. The van der Waals surface area contributed by atoms with Crippen molar-refractivity contribution in [1.29, 1.82) is 0 Å². The second kappa shape index (κ2) is 7.57. The average Bonchev–Trinajstić information content (AvgIpc) is 3.15. The van der Waals surface area contributed by atoms with Gasteiger partial charge in [-0.25, -0.2) is 4.98 Å². The maximum atomic E-state index is 11.9. The van der Waals surface area contributed by atoms with Gasteiger partial charge in [0, 0.05) is 49.9 Å². The number of rotatable bonds is 5. The van der Waals surface area contributed by atoms with Crippen molar-refractivity contribution in [1.82, 2.24) is 15.2 Å². The van der Waals surface area contributed by atoms with Gasteiger partial charge < -0.3 is 15.1 Å². The Labute approximate surface area is 140 Å². The number of thiophene rings is 1. The molecule has 0 spiro atoms. The monoisotopic (exact) mass is 330 g/mol. The van der Waals surface area contributed by atoms with Gasteiger partial charge in [0.2, 0.25) is 0 Å². The van der Waals surface area contributed by atoms with Gasteiger partial charge in [-0.05, 0) is 29.6 Å². The predicted octanol–water partition coefficient (Wildman–Crippen LogP) is 2.21. The molecule has 0 unspecified atom stereocenters. The molecule has 1 N–H and O–H groups in total. The molecule has 0 atom stereocenters. The number of nitrogens with zero attached hydrogens (tertiary/aromatic N) is 3. The molecular formula is C17H22N4OS. The first kappa shape index (κ1) is 16.0. The van der Waals surface area contributed by atoms with Gasteiger partial charge in [0.05, 0.1) is 0 Å². The third-order valence-electron chi connectivity index (χ3n) is 4.19. The van der Waals surface area contributed by atoms with Crippen molar-refractivity contribution in [3.05, 3.63) is 46.3 Å². The Hall–Kier alpha value is -1.92. The van der Waals surface area contributed by atoms with Crippen LogP contribution in [0, 0.1) is 0 Å². The molecule has 0 radical (unpaired) electrons. The van der Waals surface area contributed by atoms with Crippen LogP contribution >= 0.6 is 11.3 Å². The quantitative estimate of drug-likeness (QED) is 0.913. The highest BCUT2D eigenvalue weighted by atomic mass is 32.1. The normalized spacial score (nSPS) is 15.6. The first-order valence-electron chi connectivity index (χ1n) is 7.99. The Balaban J connectivity index is 1.52. The summed E-state index contributed by atoms with van der Waals surface area (Å²) in [6.07, 6.45) is 1.86. The highest BCUT2D eigenvalue weighted by molar-refractivity contribution is 7.08. The van der Waals surface area contributed by atoms with Gasteiger partial charge in [0.25, 0.3) is 5.91 Å². The van der Waals surface area contributed by atoms with E-state index in [1.54, 1.807) is 0 Å². The van der Waals surface area contributed by atoms with Gasteiger partial charge in [-0.1, -0.05) is 13.0 Å². The number of hydrogen-bond acceptors (Lipinski definition) is 5. The summed E-state index contributed by atoms with van der Waals surface area (Å²) in [5.74, 6) is 0.986. The van der Waals surface area contributed by atoms with E-state index in [-0.39, 0.29) is 5.91 Å². The van der Waals surface area contributed by atoms with Crippen LogP contribution in [0.4, 0.5) is 5.82 Å². The zero-order valence-corrected chi connectivity index (χ0v) is 14.2. The number of aromatic nitrogens is 1. The first-order valence-corrected chi connectivity index (χ1v) is 8.93. The zero-order chi connectivity index (χ0) is 16.1. The molecule has 3 heterocycles. The van der Waals surface area contributed by atoms with Crippen LogP contribution in [-0.4, -0.2) is 48.5 Å². The second-order valence-corrected chi connectivity index (χ2v) is 6.42. The Morgan fingerprint density at radius 1 is 1.26 bits per heavy atom. The van der Waals surface area contributed by atoms with Crippen molar-refractivity contribution in [2.45, 2.75) is 13.5 Å². The summed E-state index contributed by atoms with van der Waals surface area (Å²) >= 11 is 1.53. The lowest BCUT2D eigenvalue weighted by Crippen LogP contribution is -2.46. The van der Waals surface area contributed by atoms with Gasteiger partial charge >= 0.3 is 0 Å². The standard InChI is InChI=1S/C17H22N4OS/c1-2-20-6-8-21(9-7-20)16-4-3-14(11-18-16)12-19-17(22)15-5-10-23-13-15/h3-5,10-11,13H,2,6-9,12H2,1H3,(H,19,22). The molecule has 5 nitrogen and oxygen atoms in total. The zero-order valence-electron chi connectivity index (χ0n) is 13.4. The molecular weight excluding hydrogens is 308 g/mol. The van der Waals surface area contributed by atoms with Crippen molar-refractivity contribution in [2.75, 3.05) is 37.6 Å². The maximum Gasteiger partial charge on any atom is 0.252 e. The molecule has 1 aliphatic rings. The maximum absolute atomic E-state index is 11.9. The number of nitrogens with one attached hydrogen (secondary N) is 1. The molecule has 2 aromatic rings. The third-order valence-corrected chi connectivity index (χ3v) is 4.87. The van der Waals surface area contributed by atoms with Crippen LogP contribution in [-0.2, 0) is 6.54 Å². The lowest BCUT2D eigenvalue weighted by atomic mass is 10.2. The molecule has 23 heavy (non-hydrogen) atoms. The van der Waals surface area contributed by atoms with Crippen molar-refractivity contribution < 1.29 is 4.79 Å². The highest BCUT2D eigenvalue weighted by Crippen LogP contribution is 2.14. The van der Waals surface area contributed by atoms with Crippen molar-refractivity contribution >= 4 is 23.1 Å². The molecule has 0 aromatic carbocycles. The highest BCUT2D eigenvalue weighted by Gasteiger charge is 2.16. The summed E-state index contributed by atoms with van der Waals surface area (Å²) in [5.41, 5.74) is 1.73. The summed E-state index contributed by atoms with van der Waals surface area (Å²) in [6.45, 7) is 8.06. The number of pyridine rings is 1. The molecule has 1 saturated heterocycles. The molecule has 1 fully saturated rings. The lowest BCUT2D eigenvalue weighted by Gasteiger charge is -2.34. The van der Waals surface area contributed by atoms with E-state index in [0.717, 1.165) is 44.1 Å². The summed E-state index contributed by atoms with van der Waals surface area (Å²) < 4.78 is 0. The Morgan fingerprint density at radius 3 is 2.70 bits per heavy atom. The number of anilines is 1. The number of carbonyl (C=O) groups is 1. The minimum absolute atomic E-state index is 0.0361. The molecule has 6 heteroatoms. The molecule has 3 rings (SSSR count). The summed E-state index contributed by atoms with van der Waals surface area (Å²) in [7, 11) is 0. The van der Waals surface area contributed by atoms with Gasteiger partial charge in [0.15, 0.2) is 0 Å². The minimum Gasteiger partial charge on any atom is -0.354 e. The average molecular weight is 330 g/mol. The van der Waals surface area contributed by atoms with Crippen molar-refractivity contribution in [2.24, 2.45) is 0 Å². The smallest absolute Gasteiger partial charge is 0.252 e. The summed E-state index contributed by atoms with van der Waals surface area (Å²) in [4.78, 5) is 21.2. The number of carbonyl (C=O) groups excluding carboxylic acids is 1. The van der Waals surface area contributed by atoms with E-state index >= 15 is 0 Å². The van der Waals surface area contributed by atoms with Gasteiger partial charge in [-0.2, -0.15) is 11.3 Å². The molecule has 1 amide bonds.